The number of hydrogen-bond acceptors (Lipinski definition) is 3. The van der Waals surface area contributed by atoms with E-state index in [0.29, 0.717) is 25.6 Å². The Balaban J connectivity index is 2.44. The summed E-state index contributed by atoms with van der Waals surface area (Å²) >= 11 is 6.92. The Labute approximate surface area is 136 Å². The highest BCUT2D eigenvalue weighted by Crippen LogP contribution is 2.34. The van der Waals surface area contributed by atoms with E-state index in [1.165, 1.54) is 0 Å². The molecule has 0 aromatic heterocycles. The van der Waals surface area contributed by atoms with Gasteiger partial charge in [0.2, 0.25) is 5.91 Å². The number of amides is 1. The summed E-state index contributed by atoms with van der Waals surface area (Å²) in [5.41, 5.74) is 1.07. The first-order chi connectivity index (χ1) is 9.43. The lowest BCUT2D eigenvalue weighted by Crippen LogP contribution is -2.35. The zero-order valence-corrected chi connectivity index (χ0v) is 15.1. The molecule has 0 bridgehead atoms. The van der Waals surface area contributed by atoms with Crippen molar-refractivity contribution in [3.05, 3.63) is 26.6 Å². The van der Waals surface area contributed by atoms with Crippen LogP contribution in [0.1, 0.15) is 19.4 Å². The molecule has 2 N–H and O–H groups in total. The molecule has 20 heavy (non-hydrogen) atoms. The zero-order chi connectivity index (χ0) is 15.1. The summed E-state index contributed by atoms with van der Waals surface area (Å²) in [4.78, 5) is 11.6. The largest absolute Gasteiger partial charge is 0.494 e. The zero-order valence-electron chi connectivity index (χ0n) is 11.9. The average Bonchev–Trinajstić information content (AvgIpc) is 2.36. The van der Waals surface area contributed by atoms with Gasteiger partial charge in [0.25, 0.3) is 0 Å². The summed E-state index contributed by atoms with van der Waals surface area (Å²) in [5, 5.41) is 5.99. The maximum absolute atomic E-state index is 11.6. The van der Waals surface area contributed by atoms with Crippen molar-refractivity contribution in [2.24, 2.45) is 5.92 Å². The van der Waals surface area contributed by atoms with E-state index in [1.807, 2.05) is 12.1 Å². The van der Waals surface area contributed by atoms with Crippen LogP contribution in [0.25, 0.3) is 0 Å². The summed E-state index contributed by atoms with van der Waals surface area (Å²) in [6.45, 7) is 5.78. The summed E-state index contributed by atoms with van der Waals surface area (Å²) in [6, 6.07) is 3.95. The smallest absolute Gasteiger partial charge is 0.233 e. The van der Waals surface area contributed by atoms with Gasteiger partial charge in [-0.1, -0.05) is 13.8 Å². The lowest BCUT2D eigenvalue weighted by atomic mass is 10.2. The van der Waals surface area contributed by atoms with Gasteiger partial charge in [0.05, 0.1) is 22.6 Å². The minimum atomic E-state index is 0.0188. The molecule has 0 aliphatic carbocycles. The van der Waals surface area contributed by atoms with Crippen molar-refractivity contribution in [3.8, 4) is 5.75 Å². The van der Waals surface area contributed by atoms with E-state index in [2.05, 4.69) is 56.3 Å². The predicted molar refractivity (Wildman–Crippen MR) is 87.9 cm³/mol. The van der Waals surface area contributed by atoms with Crippen LogP contribution in [-0.2, 0) is 11.3 Å². The van der Waals surface area contributed by atoms with Gasteiger partial charge in [-0.2, -0.15) is 0 Å². The Morgan fingerprint density at radius 3 is 2.40 bits per heavy atom. The molecule has 1 rings (SSSR count). The van der Waals surface area contributed by atoms with Crippen LogP contribution in [-0.4, -0.2) is 26.1 Å². The molecular weight excluding hydrogens is 388 g/mol. The minimum absolute atomic E-state index is 0.0188. The van der Waals surface area contributed by atoms with Crippen molar-refractivity contribution in [3.63, 3.8) is 0 Å². The van der Waals surface area contributed by atoms with Gasteiger partial charge in [0.1, 0.15) is 5.75 Å². The van der Waals surface area contributed by atoms with Crippen molar-refractivity contribution in [1.82, 2.24) is 10.6 Å². The lowest BCUT2D eigenvalue weighted by molar-refractivity contribution is -0.120. The SMILES string of the molecule is COc1c(Br)cc(CNCC(=O)NCC(C)C)cc1Br. The standard InChI is InChI=1S/C14H20Br2N2O2/c1-9(2)6-18-13(19)8-17-7-10-4-11(15)14(20-3)12(16)5-10/h4-5,9,17H,6-8H2,1-3H3,(H,18,19). The molecule has 0 unspecified atom stereocenters. The van der Waals surface area contributed by atoms with Crippen LogP contribution in [0.2, 0.25) is 0 Å². The van der Waals surface area contributed by atoms with Crippen molar-refractivity contribution in [2.75, 3.05) is 20.2 Å². The number of methoxy groups -OCH3 is 1. The molecule has 1 amide bonds. The monoisotopic (exact) mass is 406 g/mol. The van der Waals surface area contributed by atoms with E-state index < -0.39 is 0 Å². The first-order valence-electron chi connectivity index (χ1n) is 6.43. The fourth-order valence-electron chi connectivity index (χ4n) is 1.61. The molecule has 0 aliphatic heterocycles. The third-order valence-electron chi connectivity index (χ3n) is 2.58. The second-order valence-corrected chi connectivity index (χ2v) is 6.60. The summed E-state index contributed by atoms with van der Waals surface area (Å²) in [6.07, 6.45) is 0. The summed E-state index contributed by atoms with van der Waals surface area (Å²) < 4.78 is 7.02. The molecule has 0 aliphatic rings. The van der Waals surface area contributed by atoms with Crippen molar-refractivity contribution < 1.29 is 9.53 Å². The van der Waals surface area contributed by atoms with Crippen LogP contribution >= 0.6 is 31.9 Å². The highest BCUT2D eigenvalue weighted by Gasteiger charge is 2.08. The number of hydrogen-bond donors (Lipinski definition) is 2. The van der Waals surface area contributed by atoms with Gasteiger partial charge in [-0.15, -0.1) is 0 Å². The van der Waals surface area contributed by atoms with Crippen LogP contribution < -0.4 is 15.4 Å². The van der Waals surface area contributed by atoms with E-state index in [1.54, 1.807) is 7.11 Å². The van der Waals surface area contributed by atoms with Crippen molar-refractivity contribution in [2.45, 2.75) is 20.4 Å². The molecular formula is C14H20Br2N2O2. The summed E-state index contributed by atoms with van der Waals surface area (Å²) in [7, 11) is 1.63. The van der Waals surface area contributed by atoms with Crippen LogP contribution in [0.5, 0.6) is 5.75 Å². The fourth-order valence-corrected chi connectivity index (χ4v) is 3.22. The topological polar surface area (TPSA) is 50.4 Å². The molecule has 112 valence electrons. The van der Waals surface area contributed by atoms with Gasteiger partial charge in [-0.3, -0.25) is 4.79 Å². The average molecular weight is 408 g/mol. The maximum Gasteiger partial charge on any atom is 0.233 e. The van der Waals surface area contributed by atoms with Crippen LogP contribution in [0, 0.1) is 5.92 Å². The molecule has 0 saturated heterocycles. The van der Waals surface area contributed by atoms with Gasteiger partial charge in [-0.05, 0) is 55.5 Å². The molecule has 0 radical (unpaired) electrons. The first kappa shape index (κ1) is 17.5. The van der Waals surface area contributed by atoms with Crippen LogP contribution in [0.15, 0.2) is 21.1 Å². The van der Waals surface area contributed by atoms with Crippen LogP contribution in [0.3, 0.4) is 0 Å². The highest BCUT2D eigenvalue weighted by atomic mass is 79.9. The molecule has 0 spiro atoms. The van der Waals surface area contributed by atoms with Gasteiger partial charge in [0, 0.05) is 13.1 Å². The third-order valence-corrected chi connectivity index (χ3v) is 3.76. The second kappa shape index (κ2) is 8.64. The molecule has 0 saturated carbocycles. The summed E-state index contributed by atoms with van der Waals surface area (Å²) in [5.74, 6) is 1.25. The van der Waals surface area contributed by atoms with E-state index in [-0.39, 0.29) is 5.91 Å². The Bertz CT molecular complexity index is 441. The highest BCUT2D eigenvalue weighted by molar-refractivity contribution is 9.11. The quantitative estimate of drug-likeness (QED) is 0.730. The molecule has 6 heteroatoms. The predicted octanol–water partition coefficient (Wildman–Crippen LogP) is 3.08. The second-order valence-electron chi connectivity index (χ2n) is 4.89. The minimum Gasteiger partial charge on any atom is -0.494 e. The van der Waals surface area contributed by atoms with E-state index >= 15 is 0 Å². The Hall–Kier alpha value is -0.590. The van der Waals surface area contributed by atoms with Crippen molar-refractivity contribution in [1.29, 1.82) is 0 Å². The Kier molecular flexibility index (Phi) is 7.55. The van der Waals surface area contributed by atoms with Gasteiger partial charge < -0.3 is 15.4 Å². The number of rotatable bonds is 7. The molecule has 0 atom stereocenters. The molecule has 1 aromatic rings. The molecule has 1 aromatic carbocycles. The number of nitrogens with one attached hydrogen (secondary N) is 2. The number of carbonyl (C=O) groups is 1. The van der Waals surface area contributed by atoms with E-state index in [0.717, 1.165) is 20.3 Å². The maximum atomic E-state index is 11.6. The van der Waals surface area contributed by atoms with Gasteiger partial charge in [0.15, 0.2) is 0 Å². The van der Waals surface area contributed by atoms with E-state index in [9.17, 15) is 4.79 Å². The Morgan fingerprint density at radius 2 is 1.90 bits per heavy atom. The molecule has 0 heterocycles. The van der Waals surface area contributed by atoms with Crippen LogP contribution in [0.4, 0.5) is 0 Å². The van der Waals surface area contributed by atoms with Gasteiger partial charge >= 0.3 is 0 Å². The fraction of sp³-hybridized carbons (Fsp3) is 0.500. The van der Waals surface area contributed by atoms with E-state index in [4.69, 9.17) is 4.74 Å². The van der Waals surface area contributed by atoms with Gasteiger partial charge in [-0.25, -0.2) is 0 Å². The normalized spacial score (nSPS) is 10.7. The lowest BCUT2D eigenvalue weighted by Gasteiger charge is -2.11. The number of carbonyl (C=O) groups excluding carboxylic acids is 1. The number of halogens is 2. The Morgan fingerprint density at radius 1 is 1.30 bits per heavy atom. The third kappa shape index (κ3) is 5.81. The molecule has 0 fully saturated rings. The van der Waals surface area contributed by atoms with Crippen molar-refractivity contribution >= 4 is 37.8 Å². The molecule has 4 nitrogen and oxygen atoms in total. The first-order valence-corrected chi connectivity index (χ1v) is 8.02. The number of benzene rings is 1. The number of ether oxygens (including phenoxy) is 1.